The van der Waals surface area contributed by atoms with Crippen LogP contribution in [0.15, 0.2) is 36.5 Å². The maximum atomic E-state index is 13.1. The number of amides is 2. The summed E-state index contributed by atoms with van der Waals surface area (Å²) >= 11 is 5.88. The van der Waals surface area contributed by atoms with E-state index in [0.29, 0.717) is 29.4 Å². The van der Waals surface area contributed by atoms with Gasteiger partial charge in [-0.25, -0.2) is 9.67 Å². The van der Waals surface area contributed by atoms with Crippen LogP contribution in [0.5, 0.6) is 0 Å². The number of aryl methyl sites for hydroxylation is 1. The minimum absolute atomic E-state index is 0.0222. The number of fused-ring (bicyclic) bond motifs is 1. The van der Waals surface area contributed by atoms with Crippen molar-refractivity contribution in [3.05, 3.63) is 58.4 Å². The van der Waals surface area contributed by atoms with Crippen molar-refractivity contribution in [2.24, 2.45) is 0 Å². The van der Waals surface area contributed by atoms with Gasteiger partial charge >= 0.3 is 0 Å². The highest BCUT2D eigenvalue weighted by Gasteiger charge is 2.21. The molecule has 0 spiro atoms. The van der Waals surface area contributed by atoms with E-state index in [1.807, 2.05) is 37.6 Å². The third kappa shape index (κ3) is 4.79. The van der Waals surface area contributed by atoms with E-state index in [-0.39, 0.29) is 24.4 Å². The first kappa shape index (κ1) is 21.8. The van der Waals surface area contributed by atoms with Gasteiger partial charge in [0.05, 0.1) is 24.0 Å². The molecule has 0 saturated heterocycles. The number of nitrogens with zero attached hydrogens (tertiary/aromatic N) is 4. The molecule has 0 bridgehead atoms. The molecular weight excluding hydrogens is 402 g/mol. The third-order valence-corrected chi connectivity index (χ3v) is 5.14. The highest BCUT2D eigenvalue weighted by molar-refractivity contribution is 6.30. The fourth-order valence-corrected chi connectivity index (χ4v) is 3.32. The minimum Gasteiger partial charge on any atom is -0.350 e. The molecular formula is C22H26ClN5O2. The van der Waals surface area contributed by atoms with Crippen LogP contribution in [0.3, 0.4) is 0 Å². The fraction of sp³-hybridized carbons (Fsp3) is 0.364. The molecule has 0 radical (unpaired) electrons. The topological polar surface area (TPSA) is 80.1 Å². The van der Waals surface area contributed by atoms with E-state index < -0.39 is 0 Å². The number of pyridine rings is 1. The molecule has 0 fully saturated rings. The Morgan fingerprint density at radius 3 is 2.57 bits per heavy atom. The van der Waals surface area contributed by atoms with Crippen LogP contribution in [0.4, 0.5) is 0 Å². The Kier molecular flexibility index (Phi) is 6.72. The van der Waals surface area contributed by atoms with E-state index >= 15 is 0 Å². The van der Waals surface area contributed by atoms with Gasteiger partial charge in [-0.15, -0.1) is 0 Å². The molecule has 0 aliphatic carbocycles. The molecule has 8 heteroatoms. The van der Waals surface area contributed by atoms with Gasteiger partial charge in [0.2, 0.25) is 5.91 Å². The maximum absolute atomic E-state index is 13.1. The van der Waals surface area contributed by atoms with Crippen LogP contribution in [-0.2, 0) is 11.3 Å². The molecule has 0 aliphatic rings. The standard InChI is InChI=1S/C22H26ClN5O2/c1-5-27(13-20(29)24-11-16-6-8-18(23)9-7-16)22(30)19-10-17-12-25-28(14(2)3)21(17)26-15(19)4/h6-10,12,14H,5,11,13H2,1-4H3,(H,24,29). The molecule has 0 atom stereocenters. The quantitative estimate of drug-likeness (QED) is 0.622. The fourth-order valence-electron chi connectivity index (χ4n) is 3.19. The number of rotatable bonds is 7. The molecule has 2 heterocycles. The number of carbonyl (C=O) groups excluding carboxylic acids is 2. The Morgan fingerprint density at radius 2 is 1.93 bits per heavy atom. The third-order valence-electron chi connectivity index (χ3n) is 4.89. The van der Waals surface area contributed by atoms with Crippen molar-refractivity contribution < 1.29 is 9.59 Å². The van der Waals surface area contributed by atoms with Gasteiger partial charge in [-0.05, 0) is 51.5 Å². The Morgan fingerprint density at radius 1 is 1.23 bits per heavy atom. The van der Waals surface area contributed by atoms with Crippen molar-refractivity contribution in [2.45, 2.75) is 40.3 Å². The predicted octanol–water partition coefficient (Wildman–Crippen LogP) is 3.75. The molecule has 30 heavy (non-hydrogen) atoms. The molecule has 1 aromatic carbocycles. The van der Waals surface area contributed by atoms with Gasteiger partial charge in [0.1, 0.15) is 0 Å². The summed E-state index contributed by atoms with van der Waals surface area (Å²) in [5.41, 5.74) is 2.80. The van der Waals surface area contributed by atoms with Gasteiger partial charge < -0.3 is 10.2 Å². The average molecular weight is 428 g/mol. The van der Waals surface area contributed by atoms with Gasteiger partial charge in [0, 0.05) is 29.5 Å². The van der Waals surface area contributed by atoms with Crippen molar-refractivity contribution >= 4 is 34.4 Å². The van der Waals surface area contributed by atoms with Crippen LogP contribution < -0.4 is 5.32 Å². The predicted molar refractivity (Wildman–Crippen MR) is 118 cm³/mol. The molecule has 158 valence electrons. The summed E-state index contributed by atoms with van der Waals surface area (Å²) in [5, 5.41) is 8.66. The number of nitrogens with one attached hydrogen (secondary N) is 1. The monoisotopic (exact) mass is 427 g/mol. The van der Waals surface area contributed by atoms with Crippen LogP contribution in [0, 0.1) is 6.92 Å². The number of hydrogen-bond donors (Lipinski definition) is 1. The van der Waals surface area contributed by atoms with Crippen LogP contribution in [0.25, 0.3) is 11.0 Å². The van der Waals surface area contributed by atoms with Crippen molar-refractivity contribution in [1.82, 2.24) is 25.0 Å². The molecule has 0 saturated carbocycles. The van der Waals surface area contributed by atoms with Gasteiger partial charge in [-0.2, -0.15) is 5.10 Å². The van der Waals surface area contributed by atoms with Crippen LogP contribution in [0.2, 0.25) is 5.02 Å². The zero-order valence-electron chi connectivity index (χ0n) is 17.6. The van der Waals surface area contributed by atoms with Gasteiger partial charge in [0.15, 0.2) is 5.65 Å². The van der Waals surface area contributed by atoms with Crippen molar-refractivity contribution in [3.63, 3.8) is 0 Å². The molecule has 2 amide bonds. The summed E-state index contributed by atoms with van der Waals surface area (Å²) in [5.74, 6) is -0.442. The number of aromatic nitrogens is 3. The van der Waals surface area contributed by atoms with Gasteiger partial charge in [-0.1, -0.05) is 23.7 Å². The molecule has 7 nitrogen and oxygen atoms in total. The average Bonchev–Trinajstić information content (AvgIpc) is 3.13. The summed E-state index contributed by atoms with van der Waals surface area (Å²) in [6.07, 6.45) is 1.72. The maximum Gasteiger partial charge on any atom is 0.256 e. The lowest BCUT2D eigenvalue weighted by atomic mass is 10.1. The van der Waals surface area contributed by atoms with E-state index in [0.717, 1.165) is 16.6 Å². The molecule has 3 rings (SSSR count). The number of carbonyl (C=O) groups is 2. The molecule has 1 N–H and O–H groups in total. The summed E-state index contributed by atoms with van der Waals surface area (Å²) in [6.45, 7) is 8.49. The van der Waals surface area contributed by atoms with Crippen molar-refractivity contribution in [2.75, 3.05) is 13.1 Å². The first-order chi connectivity index (χ1) is 14.3. The van der Waals surface area contributed by atoms with Gasteiger partial charge in [-0.3, -0.25) is 9.59 Å². The summed E-state index contributed by atoms with van der Waals surface area (Å²) < 4.78 is 1.83. The highest BCUT2D eigenvalue weighted by atomic mass is 35.5. The van der Waals surface area contributed by atoms with E-state index in [1.165, 1.54) is 4.90 Å². The summed E-state index contributed by atoms with van der Waals surface area (Å²) in [7, 11) is 0. The molecule has 0 aliphatic heterocycles. The zero-order valence-corrected chi connectivity index (χ0v) is 18.4. The van der Waals surface area contributed by atoms with Crippen LogP contribution >= 0.6 is 11.6 Å². The number of hydrogen-bond acceptors (Lipinski definition) is 4. The van der Waals surface area contributed by atoms with E-state index in [2.05, 4.69) is 15.4 Å². The Hall–Kier alpha value is -2.93. The second kappa shape index (κ2) is 9.26. The second-order valence-electron chi connectivity index (χ2n) is 7.44. The lowest BCUT2D eigenvalue weighted by Crippen LogP contribution is -2.40. The highest BCUT2D eigenvalue weighted by Crippen LogP contribution is 2.20. The summed E-state index contributed by atoms with van der Waals surface area (Å²) in [6, 6.07) is 9.24. The first-order valence-electron chi connectivity index (χ1n) is 9.95. The second-order valence-corrected chi connectivity index (χ2v) is 7.88. The zero-order chi connectivity index (χ0) is 21.8. The van der Waals surface area contributed by atoms with E-state index in [1.54, 1.807) is 31.3 Å². The van der Waals surface area contributed by atoms with Crippen molar-refractivity contribution in [1.29, 1.82) is 0 Å². The lowest BCUT2D eigenvalue weighted by Gasteiger charge is -2.21. The Balaban J connectivity index is 1.71. The van der Waals surface area contributed by atoms with Crippen molar-refractivity contribution in [3.8, 4) is 0 Å². The first-order valence-corrected chi connectivity index (χ1v) is 10.3. The number of likely N-dealkylation sites (N-methyl/N-ethyl adjacent to an activating group) is 1. The summed E-state index contributed by atoms with van der Waals surface area (Å²) in [4.78, 5) is 31.6. The Bertz CT molecular complexity index is 1060. The minimum atomic E-state index is -0.223. The molecule has 3 aromatic rings. The Labute approximate surface area is 181 Å². The number of benzene rings is 1. The van der Waals surface area contributed by atoms with Crippen LogP contribution in [-0.4, -0.2) is 44.6 Å². The molecule has 2 aromatic heterocycles. The number of halogens is 1. The SMILES string of the molecule is CCN(CC(=O)NCc1ccc(Cl)cc1)C(=O)c1cc2cnn(C(C)C)c2nc1C. The van der Waals surface area contributed by atoms with Gasteiger partial charge in [0.25, 0.3) is 5.91 Å². The smallest absolute Gasteiger partial charge is 0.256 e. The molecule has 0 unspecified atom stereocenters. The van der Waals surface area contributed by atoms with E-state index in [9.17, 15) is 9.59 Å². The normalized spacial score (nSPS) is 11.1. The van der Waals surface area contributed by atoms with Crippen LogP contribution in [0.1, 0.15) is 48.4 Å². The largest absolute Gasteiger partial charge is 0.350 e. The van der Waals surface area contributed by atoms with E-state index in [4.69, 9.17) is 11.6 Å². The lowest BCUT2D eigenvalue weighted by molar-refractivity contribution is -0.121.